The molecule has 4 heterocycles. The van der Waals surface area contributed by atoms with E-state index < -0.39 is 11.6 Å². The molecule has 0 saturated carbocycles. The van der Waals surface area contributed by atoms with Crippen LogP contribution in [-0.2, 0) is 6.54 Å². The predicted octanol–water partition coefficient (Wildman–Crippen LogP) is 5.10. The highest BCUT2D eigenvalue weighted by Crippen LogP contribution is 2.41. The average molecular weight is 420 g/mol. The van der Waals surface area contributed by atoms with Crippen LogP contribution >= 0.6 is 0 Å². The lowest BCUT2D eigenvalue weighted by atomic mass is 9.97. The third-order valence-corrected chi connectivity index (χ3v) is 6.10. The topological polar surface area (TPSA) is 62.6 Å². The van der Waals surface area contributed by atoms with E-state index >= 15 is 4.39 Å². The number of rotatable bonds is 5. The Kier molecular flexibility index (Phi) is 4.57. The Bertz CT molecular complexity index is 1300. The van der Waals surface area contributed by atoms with Gasteiger partial charge in [-0.05, 0) is 24.5 Å². The SMILES string of the molecule is C=C(c1c(F)cc2ncccc2c1F)N1CCn2ncc(-c3[nH]ncc3C(C)CC)c21. The van der Waals surface area contributed by atoms with E-state index in [4.69, 9.17) is 0 Å². The number of pyridine rings is 1. The van der Waals surface area contributed by atoms with Crippen LogP contribution in [0.1, 0.15) is 37.3 Å². The lowest BCUT2D eigenvalue weighted by molar-refractivity contribution is 0.584. The molecule has 4 aromatic rings. The molecule has 1 unspecified atom stereocenters. The minimum Gasteiger partial charge on any atom is -0.324 e. The third-order valence-electron chi connectivity index (χ3n) is 6.10. The summed E-state index contributed by atoms with van der Waals surface area (Å²) in [7, 11) is 0. The standard InChI is InChI=1S/C23H22F2N6/c1-4-13(2)16-11-27-29-22(16)17-12-28-31-9-8-30(23(17)31)14(3)20-18(24)10-19-15(21(20)25)6-5-7-26-19/h5-7,10-13H,3-4,8-9H2,1-2H3,(H,27,29). The zero-order chi connectivity index (χ0) is 21.7. The van der Waals surface area contributed by atoms with Crippen molar-refractivity contribution in [3.05, 3.63) is 66.1 Å². The second kappa shape index (κ2) is 7.30. The highest BCUT2D eigenvalue weighted by molar-refractivity contribution is 5.90. The summed E-state index contributed by atoms with van der Waals surface area (Å²) in [5, 5.41) is 12.1. The second-order valence-corrected chi connectivity index (χ2v) is 7.83. The molecule has 0 bridgehead atoms. The van der Waals surface area contributed by atoms with Gasteiger partial charge in [0.05, 0.1) is 41.3 Å². The lowest BCUT2D eigenvalue weighted by Crippen LogP contribution is -2.20. The molecule has 0 saturated heterocycles. The van der Waals surface area contributed by atoms with E-state index in [-0.39, 0.29) is 22.2 Å². The summed E-state index contributed by atoms with van der Waals surface area (Å²) in [5.41, 5.74) is 3.19. The maximum absolute atomic E-state index is 15.3. The summed E-state index contributed by atoms with van der Waals surface area (Å²) >= 11 is 0. The summed E-state index contributed by atoms with van der Waals surface area (Å²) in [4.78, 5) is 5.89. The number of hydrogen-bond donors (Lipinski definition) is 1. The van der Waals surface area contributed by atoms with Crippen LogP contribution in [0.25, 0.3) is 27.9 Å². The maximum Gasteiger partial charge on any atom is 0.144 e. The Morgan fingerprint density at radius 3 is 2.94 bits per heavy atom. The van der Waals surface area contributed by atoms with Crippen molar-refractivity contribution in [1.29, 1.82) is 0 Å². The van der Waals surface area contributed by atoms with E-state index in [9.17, 15) is 4.39 Å². The summed E-state index contributed by atoms with van der Waals surface area (Å²) in [5.74, 6) is -0.279. The van der Waals surface area contributed by atoms with Crippen LogP contribution in [0.2, 0.25) is 0 Å². The van der Waals surface area contributed by atoms with Gasteiger partial charge in [-0.2, -0.15) is 10.2 Å². The number of benzene rings is 1. The van der Waals surface area contributed by atoms with Gasteiger partial charge in [-0.3, -0.25) is 10.1 Å². The van der Waals surface area contributed by atoms with Gasteiger partial charge in [-0.1, -0.05) is 20.4 Å². The van der Waals surface area contributed by atoms with Gasteiger partial charge < -0.3 is 4.90 Å². The number of nitrogens with one attached hydrogen (secondary N) is 1. The molecule has 1 aliphatic heterocycles. The first kappa shape index (κ1) is 19.4. The fourth-order valence-electron chi connectivity index (χ4n) is 4.22. The Morgan fingerprint density at radius 1 is 1.29 bits per heavy atom. The smallest absolute Gasteiger partial charge is 0.144 e. The van der Waals surface area contributed by atoms with E-state index in [1.165, 1.54) is 12.3 Å². The quantitative estimate of drug-likeness (QED) is 0.488. The normalized spacial score (nSPS) is 14.3. The van der Waals surface area contributed by atoms with E-state index in [0.717, 1.165) is 29.1 Å². The molecule has 1 atom stereocenters. The molecule has 6 nitrogen and oxygen atoms in total. The number of fused-ring (bicyclic) bond motifs is 2. The van der Waals surface area contributed by atoms with Crippen LogP contribution in [0.15, 0.2) is 43.4 Å². The molecule has 0 spiro atoms. The Labute approximate surface area is 178 Å². The average Bonchev–Trinajstić information content (AvgIpc) is 3.49. The lowest BCUT2D eigenvalue weighted by Gasteiger charge is -2.23. The number of aromatic amines is 1. The molecule has 1 aromatic carbocycles. The van der Waals surface area contributed by atoms with Crippen LogP contribution < -0.4 is 4.90 Å². The highest BCUT2D eigenvalue weighted by atomic mass is 19.1. The van der Waals surface area contributed by atoms with Crippen molar-refractivity contribution in [3.63, 3.8) is 0 Å². The van der Waals surface area contributed by atoms with Crippen molar-refractivity contribution in [2.24, 2.45) is 0 Å². The number of aromatic nitrogens is 5. The first-order chi connectivity index (χ1) is 15.0. The zero-order valence-corrected chi connectivity index (χ0v) is 17.4. The van der Waals surface area contributed by atoms with Gasteiger partial charge in [0, 0.05) is 35.5 Å². The molecule has 0 amide bonds. The van der Waals surface area contributed by atoms with Crippen molar-refractivity contribution < 1.29 is 8.78 Å². The van der Waals surface area contributed by atoms with Gasteiger partial charge in [0.1, 0.15) is 17.5 Å². The molecule has 8 heteroatoms. The van der Waals surface area contributed by atoms with Gasteiger partial charge in [0.15, 0.2) is 0 Å². The van der Waals surface area contributed by atoms with Gasteiger partial charge in [-0.15, -0.1) is 0 Å². The van der Waals surface area contributed by atoms with Crippen molar-refractivity contribution >= 4 is 22.4 Å². The predicted molar refractivity (Wildman–Crippen MR) is 117 cm³/mol. The Balaban J connectivity index is 1.61. The van der Waals surface area contributed by atoms with Crippen molar-refractivity contribution in [1.82, 2.24) is 25.0 Å². The van der Waals surface area contributed by atoms with E-state index in [2.05, 4.69) is 40.7 Å². The van der Waals surface area contributed by atoms with Crippen molar-refractivity contribution in [2.45, 2.75) is 32.7 Å². The molecular formula is C23H22F2N6. The fraction of sp³-hybridized carbons (Fsp3) is 0.261. The molecule has 1 N–H and O–H groups in total. The van der Waals surface area contributed by atoms with E-state index in [1.54, 1.807) is 18.3 Å². The Hall–Kier alpha value is -3.55. The summed E-state index contributed by atoms with van der Waals surface area (Å²) in [6.07, 6.45) is 6.08. The van der Waals surface area contributed by atoms with Crippen LogP contribution in [-0.4, -0.2) is 31.5 Å². The highest BCUT2D eigenvalue weighted by Gasteiger charge is 2.31. The molecule has 1 aliphatic rings. The van der Waals surface area contributed by atoms with Crippen molar-refractivity contribution in [3.8, 4) is 11.3 Å². The van der Waals surface area contributed by atoms with Gasteiger partial charge in [0.25, 0.3) is 0 Å². The van der Waals surface area contributed by atoms with Crippen LogP contribution in [0, 0.1) is 11.6 Å². The van der Waals surface area contributed by atoms with Gasteiger partial charge in [0.2, 0.25) is 0 Å². The fourth-order valence-corrected chi connectivity index (χ4v) is 4.22. The number of nitrogens with zero attached hydrogens (tertiary/aromatic N) is 5. The summed E-state index contributed by atoms with van der Waals surface area (Å²) < 4.78 is 32.1. The maximum atomic E-state index is 15.3. The van der Waals surface area contributed by atoms with E-state index in [1.807, 2.05) is 15.8 Å². The zero-order valence-electron chi connectivity index (χ0n) is 17.4. The largest absolute Gasteiger partial charge is 0.324 e. The molecule has 158 valence electrons. The molecular weight excluding hydrogens is 398 g/mol. The van der Waals surface area contributed by atoms with Gasteiger partial charge in [-0.25, -0.2) is 13.5 Å². The van der Waals surface area contributed by atoms with Crippen LogP contribution in [0.4, 0.5) is 14.6 Å². The third kappa shape index (κ3) is 2.93. The molecule has 5 rings (SSSR count). The number of halogens is 2. The van der Waals surface area contributed by atoms with Crippen LogP contribution in [0.3, 0.4) is 0 Å². The minimum absolute atomic E-state index is 0.145. The molecule has 31 heavy (non-hydrogen) atoms. The molecule has 3 aromatic heterocycles. The van der Waals surface area contributed by atoms with Crippen LogP contribution in [0.5, 0.6) is 0 Å². The molecule has 0 fully saturated rings. The first-order valence-corrected chi connectivity index (χ1v) is 10.3. The monoisotopic (exact) mass is 420 g/mol. The van der Waals surface area contributed by atoms with Gasteiger partial charge >= 0.3 is 0 Å². The Morgan fingerprint density at radius 2 is 2.13 bits per heavy atom. The number of H-pyrrole nitrogens is 1. The summed E-state index contributed by atoms with van der Waals surface area (Å²) in [6, 6.07) is 4.48. The number of hydrogen-bond acceptors (Lipinski definition) is 4. The second-order valence-electron chi connectivity index (χ2n) is 7.83. The first-order valence-electron chi connectivity index (χ1n) is 10.3. The number of anilines is 1. The summed E-state index contributed by atoms with van der Waals surface area (Å²) in [6.45, 7) is 9.45. The molecule has 0 aliphatic carbocycles. The van der Waals surface area contributed by atoms with Crippen molar-refractivity contribution in [2.75, 3.05) is 11.4 Å². The molecule has 0 radical (unpaired) electrons. The van der Waals surface area contributed by atoms with E-state index in [0.29, 0.717) is 19.0 Å². The minimum atomic E-state index is -0.685.